The normalized spacial score (nSPS) is 22.0. The van der Waals surface area contributed by atoms with E-state index in [2.05, 4.69) is 18.2 Å². The molecule has 1 saturated carbocycles. The van der Waals surface area contributed by atoms with Crippen LogP contribution in [0.3, 0.4) is 0 Å². The summed E-state index contributed by atoms with van der Waals surface area (Å²) in [6.07, 6.45) is 4.03. The van der Waals surface area contributed by atoms with E-state index in [0.29, 0.717) is 6.61 Å². The second kappa shape index (κ2) is 6.77. The Morgan fingerprint density at radius 1 is 0.905 bits per heavy atom. The summed E-state index contributed by atoms with van der Waals surface area (Å²) in [4.78, 5) is 0. The van der Waals surface area contributed by atoms with Gasteiger partial charge in [0.25, 0.3) is 0 Å². The molecule has 0 heterocycles. The molecule has 1 unspecified atom stereocenters. The number of rotatable bonds is 4. The van der Waals surface area contributed by atoms with Crippen molar-refractivity contribution in [2.75, 3.05) is 0 Å². The molecule has 0 saturated heterocycles. The van der Waals surface area contributed by atoms with Gasteiger partial charge in [-0.25, -0.2) is 0 Å². The van der Waals surface area contributed by atoms with E-state index in [1.165, 1.54) is 6.42 Å². The number of para-hydroxylation sites is 1. The predicted octanol–water partition coefficient (Wildman–Crippen LogP) is 4.28. The molecule has 0 radical (unpaired) electrons. The van der Waals surface area contributed by atoms with Crippen molar-refractivity contribution in [3.8, 4) is 5.75 Å². The Bertz CT molecular complexity index is 565. The maximum absolute atomic E-state index is 10.3. The lowest BCUT2D eigenvalue weighted by Gasteiger charge is -2.29. The highest BCUT2D eigenvalue weighted by molar-refractivity contribution is 5.37. The fraction of sp³-hybridized carbons (Fsp3) is 0.368. The van der Waals surface area contributed by atoms with E-state index < -0.39 is 0 Å². The first kappa shape index (κ1) is 14.2. The molecule has 1 fully saturated rings. The molecule has 2 aromatic rings. The summed E-state index contributed by atoms with van der Waals surface area (Å²) in [7, 11) is 0. The van der Waals surface area contributed by atoms with Gasteiger partial charge in [-0.1, -0.05) is 61.4 Å². The minimum atomic E-state index is -0.236. The van der Waals surface area contributed by atoms with Crippen LogP contribution in [0.15, 0.2) is 54.6 Å². The third-order valence-corrected chi connectivity index (χ3v) is 4.29. The molecule has 1 aliphatic carbocycles. The molecule has 2 atom stereocenters. The van der Waals surface area contributed by atoms with E-state index >= 15 is 0 Å². The summed E-state index contributed by atoms with van der Waals surface area (Å²) in [6.45, 7) is 0.570. The zero-order valence-corrected chi connectivity index (χ0v) is 12.2. The van der Waals surface area contributed by atoms with Gasteiger partial charge in [-0.2, -0.15) is 0 Å². The van der Waals surface area contributed by atoms with Crippen LogP contribution in [-0.4, -0.2) is 11.2 Å². The molecule has 0 aromatic heterocycles. The van der Waals surface area contributed by atoms with Crippen molar-refractivity contribution in [3.63, 3.8) is 0 Å². The average molecular weight is 282 g/mol. The van der Waals surface area contributed by atoms with Gasteiger partial charge in [0.2, 0.25) is 0 Å². The predicted molar refractivity (Wildman–Crippen MR) is 84.4 cm³/mol. The van der Waals surface area contributed by atoms with E-state index in [1.54, 1.807) is 0 Å². The van der Waals surface area contributed by atoms with Crippen molar-refractivity contribution in [1.82, 2.24) is 0 Å². The summed E-state index contributed by atoms with van der Waals surface area (Å²) in [5.41, 5.74) is 2.32. The highest BCUT2D eigenvalue weighted by Crippen LogP contribution is 2.37. The number of aliphatic hydroxyl groups excluding tert-OH is 1. The molecule has 1 N–H and O–H groups in total. The first-order valence-corrected chi connectivity index (χ1v) is 7.78. The summed E-state index contributed by atoms with van der Waals surface area (Å²) in [5, 5.41) is 10.3. The zero-order valence-electron chi connectivity index (χ0n) is 12.2. The Hall–Kier alpha value is -1.80. The first-order valence-electron chi connectivity index (χ1n) is 7.78. The van der Waals surface area contributed by atoms with Gasteiger partial charge in [0.15, 0.2) is 0 Å². The van der Waals surface area contributed by atoms with E-state index in [-0.39, 0.29) is 12.0 Å². The molecule has 0 spiro atoms. The van der Waals surface area contributed by atoms with Crippen LogP contribution in [0.5, 0.6) is 5.75 Å². The highest BCUT2D eigenvalue weighted by atomic mass is 16.5. The lowest BCUT2D eigenvalue weighted by molar-refractivity contribution is 0.104. The van der Waals surface area contributed by atoms with Crippen LogP contribution in [-0.2, 0) is 6.61 Å². The Balaban J connectivity index is 1.76. The smallest absolute Gasteiger partial charge is 0.123 e. The molecule has 2 aromatic carbocycles. The van der Waals surface area contributed by atoms with Gasteiger partial charge in [-0.3, -0.25) is 0 Å². The minimum absolute atomic E-state index is 0.214. The highest BCUT2D eigenvalue weighted by Gasteiger charge is 2.26. The molecule has 0 aliphatic heterocycles. The molecule has 2 nitrogen and oxygen atoms in total. The molecule has 21 heavy (non-hydrogen) atoms. The van der Waals surface area contributed by atoms with Crippen molar-refractivity contribution < 1.29 is 9.84 Å². The van der Waals surface area contributed by atoms with Gasteiger partial charge >= 0.3 is 0 Å². The fourth-order valence-electron chi connectivity index (χ4n) is 3.13. The quantitative estimate of drug-likeness (QED) is 0.906. The number of hydrogen-bond donors (Lipinski definition) is 1. The largest absolute Gasteiger partial charge is 0.489 e. The maximum Gasteiger partial charge on any atom is 0.123 e. The third-order valence-electron chi connectivity index (χ3n) is 4.29. The monoisotopic (exact) mass is 282 g/mol. The molecule has 0 amide bonds. The number of aliphatic hydroxyl groups is 1. The van der Waals surface area contributed by atoms with Crippen LogP contribution >= 0.6 is 0 Å². The van der Waals surface area contributed by atoms with E-state index in [9.17, 15) is 5.11 Å². The number of hydrogen-bond acceptors (Lipinski definition) is 2. The SMILES string of the molecule is OC1CCCC[C@@H]1c1ccccc1OCc1ccccc1. The fourth-order valence-corrected chi connectivity index (χ4v) is 3.13. The molecule has 1 aliphatic rings. The lowest BCUT2D eigenvalue weighted by Crippen LogP contribution is -2.23. The molecule has 0 bridgehead atoms. The summed E-state index contributed by atoms with van der Waals surface area (Å²) in [6, 6.07) is 18.3. The van der Waals surface area contributed by atoms with Crippen molar-refractivity contribution in [2.45, 2.75) is 44.3 Å². The van der Waals surface area contributed by atoms with Crippen molar-refractivity contribution in [2.24, 2.45) is 0 Å². The Morgan fingerprint density at radius 3 is 2.43 bits per heavy atom. The Labute approximate surface area is 126 Å². The van der Waals surface area contributed by atoms with Gasteiger partial charge in [0.1, 0.15) is 12.4 Å². The van der Waals surface area contributed by atoms with Crippen LogP contribution in [0.4, 0.5) is 0 Å². The van der Waals surface area contributed by atoms with Gasteiger partial charge < -0.3 is 9.84 Å². The standard InChI is InChI=1S/C19H22O2/c20-18-12-6-4-10-16(18)17-11-5-7-13-19(17)21-14-15-8-2-1-3-9-15/h1-3,5,7-9,11,13,16,18,20H,4,6,10,12,14H2/t16-,18?/m1/s1. The van der Waals surface area contributed by atoms with Crippen LogP contribution in [0, 0.1) is 0 Å². The van der Waals surface area contributed by atoms with Crippen molar-refractivity contribution in [1.29, 1.82) is 0 Å². The lowest BCUT2D eigenvalue weighted by atomic mass is 9.81. The summed E-state index contributed by atoms with van der Waals surface area (Å²) < 4.78 is 6.01. The minimum Gasteiger partial charge on any atom is -0.489 e. The van der Waals surface area contributed by atoms with Gasteiger partial charge in [0, 0.05) is 5.92 Å². The molecular weight excluding hydrogens is 260 g/mol. The Kier molecular flexibility index (Phi) is 4.56. The van der Waals surface area contributed by atoms with Crippen LogP contribution in [0.1, 0.15) is 42.7 Å². The molecule has 110 valence electrons. The summed E-state index contributed by atoms with van der Waals surface area (Å²) in [5.74, 6) is 1.12. The zero-order chi connectivity index (χ0) is 14.5. The molecule has 2 heteroatoms. The third kappa shape index (κ3) is 3.45. The van der Waals surface area contributed by atoms with Crippen molar-refractivity contribution in [3.05, 3.63) is 65.7 Å². The van der Waals surface area contributed by atoms with E-state index in [0.717, 1.165) is 36.1 Å². The second-order valence-corrected chi connectivity index (χ2v) is 5.77. The Morgan fingerprint density at radius 2 is 1.62 bits per heavy atom. The second-order valence-electron chi connectivity index (χ2n) is 5.77. The van der Waals surface area contributed by atoms with Crippen molar-refractivity contribution >= 4 is 0 Å². The van der Waals surface area contributed by atoms with Gasteiger partial charge in [-0.15, -0.1) is 0 Å². The topological polar surface area (TPSA) is 29.5 Å². The van der Waals surface area contributed by atoms with Gasteiger partial charge in [0.05, 0.1) is 6.10 Å². The first-order chi connectivity index (χ1) is 10.3. The van der Waals surface area contributed by atoms with Gasteiger partial charge in [-0.05, 0) is 30.0 Å². The number of benzene rings is 2. The van der Waals surface area contributed by atoms with Crippen LogP contribution in [0.2, 0.25) is 0 Å². The van der Waals surface area contributed by atoms with E-state index in [4.69, 9.17) is 4.74 Å². The summed E-state index contributed by atoms with van der Waals surface area (Å²) >= 11 is 0. The van der Waals surface area contributed by atoms with Crippen LogP contribution < -0.4 is 4.74 Å². The molecular formula is C19H22O2. The van der Waals surface area contributed by atoms with E-state index in [1.807, 2.05) is 36.4 Å². The number of ether oxygens (including phenoxy) is 1. The van der Waals surface area contributed by atoms with Crippen LogP contribution in [0.25, 0.3) is 0 Å². The molecule has 3 rings (SSSR count). The maximum atomic E-state index is 10.3. The average Bonchev–Trinajstić information content (AvgIpc) is 2.55.